The molecule has 2 atom stereocenters. The van der Waals surface area contributed by atoms with Crippen molar-refractivity contribution in [1.82, 2.24) is 5.32 Å². The zero-order valence-electron chi connectivity index (χ0n) is 10.5. The predicted molar refractivity (Wildman–Crippen MR) is 60.6 cm³/mol. The minimum absolute atomic E-state index is 0.157. The van der Waals surface area contributed by atoms with E-state index in [4.69, 9.17) is 4.74 Å². The van der Waals surface area contributed by atoms with Crippen LogP contribution in [0.15, 0.2) is 0 Å². The van der Waals surface area contributed by atoms with Gasteiger partial charge in [0, 0.05) is 6.04 Å². The topological polar surface area (TPSA) is 38.3 Å². The molecule has 0 spiro atoms. The maximum atomic E-state index is 11.7. The molecule has 1 fully saturated rings. The number of carbonyl (C=O) groups excluding carboxylic acids is 1. The Balaban J connectivity index is 2.32. The van der Waals surface area contributed by atoms with Crippen LogP contribution < -0.4 is 5.32 Å². The van der Waals surface area contributed by atoms with Gasteiger partial charge in [-0.25, -0.2) is 0 Å². The monoisotopic (exact) mass is 213 g/mol. The molecule has 0 saturated heterocycles. The van der Waals surface area contributed by atoms with Crippen LogP contribution in [0.3, 0.4) is 0 Å². The second-order valence-corrected chi connectivity index (χ2v) is 5.55. The smallest absolute Gasteiger partial charge is 0.323 e. The Hall–Kier alpha value is -0.570. The number of ether oxygens (including phenoxy) is 1. The minimum Gasteiger partial charge on any atom is -0.459 e. The van der Waals surface area contributed by atoms with Crippen LogP contribution in [0.1, 0.15) is 47.5 Å². The highest BCUT2D eigenvalue weighted by atomic mass is 16.6. The van der Waals surface area contributed by atoms with Crippen LogP contribution in [0, 0.1) is 5.92 Å². The molecule has 0 aliphatic heterocycles. The van der Waals surface area contributed by atoms with E-state index in [1.165, 1.54) is 12.8 Å². The Bertz CT molecular complexity index is 228. The standard InChI is InChI=1S/C12H23NO2/c1-8(10-6-7-10)13-9(2)11(14)15-12(3,4)5/h8-10,13H,6-7H2,1-5H3/t8?,9-/m1/s1. The van der Waals surface area contributed by atoms with Crippen LogP contribution in [0.25, 0.3) is 0 Å². The first kappa shape index (κ1) is 12.5. The van der Waals surface area contributed by atoms with E-state index < -0.39 is 5.60 Å². The fraction of sp³-hybridized carbons (Fsp3) is 0.917. The first-order valence-electron chi connectivity index (χ1n) is 5.78. The molecule has 0 aromatic heterocycles. The zero-order valence-corrected chi connectivity index (χ0v) is 10.5. The maximum Gasteiger partial charge on any atom is 0.323 e. The third-order valence-corrected chi connectivity index (χ3v) is 2.60. The lowest BCUT2D eigenvalue weighted by Crippen LogP contribution is -2.44. The SMILES string of the molecule is CC(N[C@H](C)C(=O)OC(C)(C)C)C1CC1. The third kappa shape index (κ3) is 4.65. The lowest BCUT2D eigenvalue weighted by atomic mass is 10.1. The summed E-state index contributed by atoms with van der Waals surface area (Å²) in [5.74, 6) is 0.602. The van der Waals surface area contributed by atoms with E-state index in [1.807, 2.05) is 27.7 Å². The van der Waals surface area contributed by atoms with Crippen LogP contribution in [0.5, 0.6) is 0 Å². The largest absolute Gasteiger partial charge is 0.459 e. The second kappa shape index (κ2) is 4.52. The van der Waals surface area contributed by atoms with Gasteiger partial charge in [-0.3, -0.25) is 4.79 Å². The van der Waals surface area contributed by atoms with Gasteiger partial charge < -0.3 is 10.1 Å². The Morgan fingerprint density at radius 1 is 1.33 bits per heavy atom. The highest BCUT2D eigenvalue weighted by Gasteiger charge is 2.30. The van der Waals surface area contributed by atoms with Crippen molar-refractivity contribution in [3.8, 4) is 0 Å². The molecule has 0 radical (unpaired) electrons. The van der Waals surface area contributed by atoms with Gasteiger partial charge in [-0.1, -0.05) is 0 Å². The van der Waals surface area contributed by atoms with Crippen molar-refractivity contribution in [1.29, 1.82) is 0 Å². The van der Waals surface area contributed by atoms with Crippen molar-refractivity contribution in [2.75, 3.05) is 0 Å². The molecule has 15 heavy (non-hydrogen) atoms. The second-order valence-electron chi connectivity index (χ2n) is 5.55. The van der Waals surface area contributed by atoms with E-state index in [9.17, 15) is 4.79 Å². The van der Waals surface area contributed by atoms with Gasteiger partial charge in [0.25, 0.3) is 0 Å². The number of esters is 1. The average Bonchev–Trinajstić information content (AvgIpc) is 2.82. The highest BCUT2D eigenvalue weighted by molar-refractivity contribution is 5.75. The van der Waals surface area contributed by atoms with Crippen molar-refractivity contribution < 1.29 is 9.53 Å². The average molecular weight is 213 g/mol. The number of nitrogens with one attached hydrogen (secondary N) is 1. The van der Waals surface area contributed by atoms with Crippen LogP contribution in [0.4, 0.5) is 0 Å². The number of hydrogen-bond donors (Lipinski definition) is 1. The Morgan fingerprint density at radius 2 is 1.87 bits per heavy atom. The van der Waals surface area contributed by atoms with E-state index in [-0.39, 0.29) is 12.0 Å². The molecule has 1 saturated carbocycles. The van der Waals surface area contributed by atoms with E-state index in [1.54, 1.807) is 0 Å². The van der Waals surface area contributed by atoms with Crippen LogP contribution in [-0.2, 0) is 9.53 Å². The third-order valence-electron chi connectivity index (χ3n) is 2.60. The summed E-state index contributed by atoms with van der Waals surface area (Å²) in [5.41, 5.74) is -0.393. The van der Waals surface area contributed by atoms with Gasteiger partial charge in [-0.2, -0.15) is 0 Å². The molecule has 1 aliphatic rings. The fourth-order valence-electron chi connectivity index (χ4n) is 1.58. The fourth-order valence-corrected chi connectivity index (χ4v) is 1.58. The summed E-state index contributed by atoms with van der Waals surface area (Å²) in [6, 6.07) is 0.215. The molecule has 0 aromatic rings. The van der Waals surface area contributed by atoms with E-state index in [0.717, 1.165) is 5.92 Å². The number of hydrogen-bond acceptors (Lipinski definition) is 3. The lowest BCUT2D eigenvalue weighted by molar-refractivity contribution is -0.157. The summed E-state index contributed by atoms with van der Waals surface area (Å²) in [6.45, 7) is 9.68. The van der Waals surface area contributed by atoms with E-state index in [2.05, 4.69) is 12.2 Å². The maximum absolute atomic E-state index is 11.7. The molecule has 1 aliphatic carbocycles. The molecule has 1 rings (SSSR count). The summed E-state index contributed by atoms with van der Waals surface area (Å²) in [5, 5.41) is 3.29. The van der Waals surface area contributed by atoms with Crippen LogP contribution in [0.2, 0.25) is 0 Å². The number of rotatable bonds is 4. The molecule has 3 heteroatoms. The van der Waals surface area contributed by atoms with Gasteiger partial charge in [0.2, 0.25) is 0 Å². The molecule has 88 valence electrons. The van der Waals surface area contributed by atoms with Crippen LogP contribution >= 0.6 is 0 Å². The van der Waals surface area contributed by atoms with Crippen molar-refractivity contribution in [2.45, 2.75) is 65.1 Å². The zero-order chi connectivity index (χ0) is 11.6. The minimum atomic E-state index is -0.393. The van der Waals surface area contributed by atoms with Crippen molar-refractivity contribution >= 4 is 5.97 Å². The number of carbonyl (C=O) groups is 1. The first-order valence-corrected chi connectivity index (χ1v) is 5.78. The quantitative estimate of drug-likeness (QED) is 0.727. The summed E-state index contributed by atoms with van der Waals surface area (Å²) >= 11 is 0. The van der Waals surface area contributed by atoms with Gasteiger partial charge in [0.1, 0.15) is 11.6 Å². The van der Waals surface area contributed by atoms with Crippen LogP contribution in [-0.4, -0.2) is 23.7 Å². The molecular formula is C12H23NO2. The Labute approximate surface area is 92.6 Å². The van der Waals surface area contributed by atoms with Gasteiger partial charge in [-0.15, -0.1) is 0 Å². The highest BCUT2D eigenvalue weighted by Crippen LogP contribution is 2.32. The molecule has 0 amide bonds. The van der Waals surface area contributed by atoms with Crippen molar-refractivity contribution in [3.63, 3.8) is 0 Å². The summed E-state index contributed by atoms with van der Waals surface area (Å²) < 4.78 is 5.30. The molecular weight excluding hydrogens is 190 g/mol. The summed E-state index contributed by atoms with van der Waals surface area (Å²) in [6.07, 6.45) is 2.57. The van der Waals surface area contributed by atoms with Gasteiger partial charge in [0.15, 0.2) is 0 Å². The van der Waals surface area contributed by atoms with Gasteiger partial charge >= 0.3 is 5.97 Å². The van der Waals surface area contributed by atoms with E-state index >= 15 is 0 Å². The molecule has 0 heterocycles. The van der Waals surface area contributed by atoms with Crippen molar-refractivity contribution in [2.24, 2.45) is 5.92 Å². The van der Waals surface area contributed by atoms with Gasteiger partial charge in [-0.05, 0) is 53.4 Å². The normalized spacial score (nSPS) is 20.9. The Kier molecular flexibility index (Phi) is 3.77. The van der Waals surface area contributed by atoms with E-state index in [0.29, 0.717) is 6.04 Å². The summed E-state index contributed by atoms with van der Waals surface area (Å²) in [4.78, 5) is 11.7. The summed E-state index contributed by atoms with van der Waals surface area (Å²) in [7, 11) is 0. The first-order chi connectivity index (χ1) is 6.79. The molecule has 1 unspecified atom stereocenters. The molecule has 0 aromatic carbocycles. The molecule has 3 nitrogen and oxygen atoms in total. The van der Waals surface area contributed by atoms with Gasteiger partial charge in [0.05, 0.1) is 0 Å². The lowest BCUT2D eigenvalue weighted by Gasteiger charge is -2.24. The molecule has 1 N–H and O–H groups in total. The Morgan fingerprint density at radius 3 is 2.27 bits per heavy atom. The predicted octanol–water partition coefficient (Wildman–Crippen LogP) is 2.10. The van der Waals surface area contributed by atoms with Crippen molar-refractivity contribution in [3.05, 3.63) is 0 Å². The molecule has 0 bridgehead atoms.